The highest BCUT2D eigenvalue weighted by Crippen LogP contribution is 2.16. The molecule has 0 bridgehead atoms. The SMILES string of the molecule is [O-]C(CCCCC(S)CC[S-])=Nc1cccc(CN(Cc2ccccn2)Cc2ccccn2)n1. The fourth-order valence-corrected chi connectivity index (χ4v) is 4.35. The number of nitrogens with zero attached hydrogens (tertiary/aromatic N) is 5. The molecule has 0 fully saturated rings. The van der Waals surface area contributed by atoms with E-state index in [0.29, 0.717) is 37.1 Å². The maximum atomic E-state index is 12.3. The first-order valence-electron chi connectivity index (χ1n) is 11.6. The van der Waals surface area contributed by atoms with Gasteiger partial charge in [0.05, 0.1) is 17.1 Å². The zero-order chi connectivity index (χ0) is 24.0. The molecule has 0 aliphatic rings. The number of pyridine rings is 3. The number of aliphatic imine (C=N–C) groups is 1. The summed E-state index contributed by atoms with van der Waals surface area (Å²) in [6.07, 6.45) is 7.69. The molecule has 34 heavy (non-hydrogen) atoms. The Labute approximate surface area is 213 Å². The van der Waals surface area contributed by atoms with Crippen LogP contribution in [0.3, 0.4) is 0 Å². The summed E-state index contributed by atoms with van der Waals surface area (Å²) in [4.78, 5) is 20.0. The molecule has 1 atom stereocenters. The van der Waals surface area contributed by atoms with Crippen LogP contribution in [-0.4, -0.2) is 36.8 Å². The quantitative estimate of drug-likeness (QED) is 0.119. The fourth-order valence-electron chi connectivity index (χ4n) is 3.58. The van der Waals surface area contributed by atoms with Gasteiger partial charge in [-0.2, -0.15) is 18.4 Å². The highest BCUT2D eigenvalue weighted by molar-refractivity contribution is 7.81. The minimum Gasteiger partial charge on any atom is -0.862 e. The van der Waals surface area contributed by atoms with Gasteiger partial charge in [-0.05, 0) is 66.8 Å². The van der Waals surface area contributed by atoms with E-state index in [2.05, 4.69) is 37.5 Å². The minimum absolute atomic E-state index is 0.137. The lowest BCUT2D eigenvalue weighted by Crippen LogP contribution is -2.24. The number of hydrogen-bond donors (Lipinski definition) is 1. The summed E-state index contributed by atoms with van der Waals surface area (Å²) in [5.74, 6) is 1.05. The first-order chi connectivity index (χ1) is 16.6. The summed E-state index contributed by atoms with van der Waals surface area (Å²) >= 11 is 9.51. The van der Waals surface area contributed by atoms with Crippen molar-refractivity contribution in [3.8, 4) is 0 Å². The number of unbranched alkanes of at least 4 members (excludes halogenated alkanes) is 1. The predicted molar refractivity (Wildman–Crippen MR) is 141 cm³/mol. The molecule has 8 heteroatoms. The number of thiol groups is 1. The summed E-state index contributed by atoms with van der Waals surface area (Å²) in [5, 5.41) is 12.7. The normalized spacial score (nSPS) is 12.7. The van der Waals surface area contributed by atoms with Gasteiger partial charge in [0.25, 0.3) is 0 Å². The van der Waals surface area contributed by atoms with E-state index >= 15 is 0 Å². The van der Waals surface area contributed by atoms with Crippen LogP contribution in [0.5, 0.6) is 0 Å². The molecule has 0 radical (unpaired) electrons. The average Bonchev–Trinajstić information content (AvgIpc) is 2.83. The van der Waals surface area contributed by atoms with Crippen molar-refractivity contribution in [1.29, 1.82) is 0 Å². The predicted octanol–water partition coefficient (Wildman–Crippen LogP) is 4.26. The van der Waals surface area contributed by atoms with Crippen molar-refractivity contribution in [2.45, 2.75) is 57.0 Å². The van der Waals surface area contributed by atoms with Crippen LogP contribution in [0.4, 0.5) is 5.82 Å². The smallest absolute Gasteiger partial charge is 0.151 e. The van der Waals surface area contributed by atoms with Crippen LogP contribution in [-0.2, 0) is 32.3 Å². The first kappa shape index (κ1) is 26.2. The number of aromatic nitrogens is 3. The van der Waals surface area contributed by atoms with Gasteiger partial charge in [-0.1, -0.05) is 31.0 Å². The van der Waals surface area contributed by atoms with Crippen molar-refractivity contribution in [3.05, 3.63) is 84.1 Å². The fraction of sp³-hybridized carbons (Fsp3) is 0.385. The van der Waals surface area contributed by atoms with Crippen LogP contribution in [0.2, 0.25) is 0 Å². The summed E-state index contributed by atoms with van der Waals surface area (Å²) in [7, 11) is 0. The van der Waals surface area contributed by atoms with E-state index in [1.54, 1.807) is 18.5 Å². The average molecular weight is 494 g/mol. The van der Waals surface area contributed by atoms with E-state index in [9.17, 15) is 5.11 Å². The maximum Gasteiger partial charge on any atom is 0.151 e. The van der Waals surface area contributed by atoms with Crippen LogP contribution in [0, 0.1) is 0 Å². The molecular formula is C26H31N5OS2-2. The van der Waals surface area contributed by atoms with Crippen LogP contribution in [0.1, 0.15) is 49.2 Å². The molecule has 1 unspecified atom stereocenters. The van der Waals surface area contributed by atoms with Gasteiger partial charge in [-0.25, -0.2) is 9.98 Å². The Bertz CT molecular complexity index is 963. The number of hydrogen-bond acceptors (Lipinski definition) is 8. The van der Waals surface area contributed by atoms with E-state index in [1.165, 1.54) is 0 Å². The second kappa shape index (κ2) is 14.8. The Morgan fingerprint density at radius 2 is 1.53 bits per heavy atom. The van der Waals surface area contributed by atoms with Gasteiger partial charge in [0.15, 0.2) is 5.82 Å². The highest BCUT2D eigenvalue weighted by Gasteiger charge is 2.11. The van der Waals surface area contributed by atoms with Crippen molar-refractivity contribution < 1.29 is 5.11 Å². The topological polar surface area (TPSA) is 77.3 Å². The van der Waals surface area contributed by atoms with Crippen LogP contribution >= 0.6 is 12.6 Å². The third kappa shape index (κ3) is 9.83. The van der Waals surface area contributed by atoms with E-state index in [-0.39, 0.29) is 5.90 Å². The Balaban J connectivity index is 1.61. The molecule has 0 N–H and O–H groups in total. The van der Waals surface area contributed by atoms with Crippen LogP contribution in [0.25, 0.3) is 0 Å². The van der Waals surface area contributed by atoms with Gasteiger partial charge < -0.3 is 17.7 Å². The van der Waals surface area contributed by atoms with Gasteiger partial charge in [0, 0.05) is 32.0 Å². The van der Waals surface area contributed by atoms with Crippen molar-refractivity contribution in [2.75, 3.05) is 5.75 Å². The lowest BCUT2D eigenvalue weighted by atomic mass is 10.1. The van der Waals surface area contributed by atoms with Gasteiger partial charge in [-0.15, -0.1) is 0 Å². The summed E-state index contributed by atoms with van der Waals surface area (Å²) in [6, 6.07) is 17.4. The lowest BCUT2D eigenvalue weighted by molar-refractivity contribution is -0.218. The zero-order valence-corrected chi connectivity index (χ0v) is 21.0. The van der Waals surface area contributed by atoms with E-state index in [4.69, 9.17) is 12.6 Å². The molecule has 3 aromatic heterocycles. The van der Waals surface area contributed by atoms with Gasteiger partial charge >= 0.3 is 0 Å². The third-order valence-corrected chi connectivity index (χ3v) is 6.02. The van der Waals surface area contributed by atoms with Crippen LogP contribution < -0.4 is 5.11 Å². The van der Waals surface area contributed by atoms with Crippen LogP contribution in [0.15, 0.2) is 72.0 Å². The van der Waals surface area contributed by atoms with E-state index in [1.807, 2.05) is 48.5 Å². The Kier molecular flexibility index (Phi) is 11.4. The molecule has 0 aliphatic carbocycles. The molecule has 3 aromatic rings. The van der Waals surface area contributed by atoms with Crippen molar-refractivity contribution in [1.82, 2.24) is 19.9 Å². The van der Waals surface area contributed by atoms with Gasteiger partial charge in [0.1, 0.15) is 0 Å². The molecule has 6 nitrogen and oxygen atoms in total. The Morgan fingerprint density at radius 1 is 0.882 bits per heavy atom. The maximum absolute atomic E-state index is 12.3. The lowest BCUT2D eigenvalue weighted by Gasteiger charge is -2.21. The van der Waals surface area contributed by atoms with Crippen molar-refractivity contribution in [2.24, 2.45) is 4.99 Å². The Morgan fingerprint density at radius 3 is 2.15 bits per heavy atom. The molecule has 3 heterocycles. The minimum atomic E-state index is -0.137. The van der Waals surface area contributed by atoms with Crippen molar-refractivity contribution >= 4 is 37.0 Å². The molecule has 180 valence electrons. The molecular weight excluding hydrogens is 462 g/mol. The zero-order valence-electron chi connectivity index (χ0n) is 19.3. The molecule has 0 spiro atoms. The Hall–Kier alpha value is -2.42. The molecule has 0 aliphatic heterocycles. The second-order valence-corrected chi connectivity index (χ2v) is 9.31. The first-order valence-corrected chi connectivity index (χ1v) is 12.7. The standard InChI is InChI=1S/C26H33N5OS2/c32-26(13-2-1-11-24(34)14-17-33)30-25-12-7-10-23(29-25)20-31(18-21-8-3-5-15-27-21)19-22-9-4-6-16-28-22/h3-10,12,15-16,24,33-34H,1-2,11,13-14,17-20H2,(H,29,30,32)/p-2. The molecule has 0 saturated heterocycles. The second-order valence-electron chi connectivity index (χ2n) is 8.17. The largest absolute Gasteiger partial charge is 0.862 e. The van der Waals surface area contributed by atoms with Gasteiger partial charge in [0.2, 0.25) is 0 Å². The van der Waals surface area contributed by atoms with E-state index < -0.39 is 0 Å². The molecule has 0 aromatic carbocycles. The van der Waals surface area contributed by atoms with E-state index in [0.717, 1.165) is 48.5 Å². The van der Waals surface area contributed by atoms with Crippen molar-refractivity contribution in [3.63, 3.8) is 0 Å². The molecule has 0 saturated carbocycles. The summed E-state index contributed by atoms with van der Waals surface area (Å²) < 4.78 is 0. The number of rotatable bonds is 14. The monoisotopic (exact) mass is 493 g/mol. The highest BCUT2D eigenvalue weighted by atomic mass is 32.1. The summed E-state index contributed by atoms with van der Waals surface area (Å²) in [5.41, 5.74) is 2.80. The third-order valence-electron chi connectivity index (χ3n) is 5.27. The van der Waals surface area contributed by atoms with Gasteiger partial charge in [-0.3, -0.25) is 14.9 Å². The molecule has 3 rings (SSSR count). The summed E-state index contributed by atoms with van der Waals surface area (Å²) in [6.45, 7) is 1.92. The molecule has 0 amide bonds.